The van der Waals surface area contributed by atoms with Crippen LogP contribution in [0.3, 0.4) is 0 Å². The number of hydrogen-bond donors (Lipinski definition) is 2. The van der Waals surface area contributed by atoms with Crippen LogP contribution in [-0.2, 0) is 0 Å². The van der Waals surface area contributed by atoms with Crippen LogP contribution in [0.5, 0.6) is 0 Å². The lowest BCUT2D eigenvalue weighted by atomic mass is 10.1. The van der Waals surface area contributed by atoms with E-state index in [0.29, 0.717) is 0 Å². The highest BCUT2D eigenvalue weighted by Crippen LogP contribution is 2.06. The standard InChI is InChI=1S/C7H16N2/c1-3-7(2)8-5-4-6-9-7/h8-9H,3-6H2,1-2H3. The zero-order valence-corrected chi connectivity index (χ0v) is 6.33. The van der Waals surface area contributed by atoms with Gasteiger partial charge < -0.3 is 0 Å². The Hall–Kier alpha value is -0.0800. The molecule has 2 heteroatoms. The fraction of sp³-hybridized carbons (Fsp3) is 1.00. The van der Waals surface area contributed by atoms with E-state index in [1.165, 1.54) is 6.42 Å². The Bertz CT molecular complexity index is 84.9. The Morgan fingerprint density at radius 2 is 1.89 bits per heavy atom. The molecule has 1 fully saturated rings. The minimum atomic E-state index is 0.220. The molecule has 2 nitrogen and oxygen atoms in total. The summed E-state index contributed by atoms with van der Waals surface area (Å²) in [6.45, 7) is 6.74. The predicted molar refractivity (Wildman–Crippen MR) is 39.3 cm³/mol. The third kappa shape index (κ3) is 1.66. The molecule has 1 rings (SSSR count). The van der Waals surface area contributed by atoms with Gasteiger partial charge in [0.05, 0.1) is 5.66 Å². The summed E-state index contributed by atoms with van der Waals surface area (Å²) in [6.07, 6.45) is 2.42. The third-order valence-corrected chi connectivity index (χ3v) is 2.09. The van der Waals surface area contributed by atoms with Crippen LogP contribution in [0.25, 0.3) is 0 Å². The molecule has 2 N–H and O–H groups in total. The first kappa shape index (κ1) is 7.03. The van der Waals surface area contributed by atoms with Crippen LogP contribution >= 0.6 is 0 Å². The molecular formula is C7H16N2. The fourth-order valence-electron chi connectivity index (χ4n) is 1.13. The van der Waals surface area contributed by atoms with Gasteiger partial charge in [0.2, 0.25) is 0 Å². The molecule has 0 aromatic heterocycles. The molecule has 0 unspecified atom stereocenters. The molecule has 54 valence electrons. The van der Waals surface area contributed by atoms with Crippen molar-refractivity contribution in [2.45, 2.75) is 32.4 Å². The Morgan fingerprint density at radius 1 is 1.33 bits per heavy atom. The van der Waals surface area contributed by atoms with Gasteiger partial charge in [-0.05, 0) is 32.9 Å². The van der Waals surface area contributed by atoms with E-state index < -0.39 is 0 Å². The zero-order chi connectivity index (χ0) is 6.74. The predicted octanol–water partition coefficient (Wildman–Crippen LogP) is 0.696. The summed E-state index contributed by atoms with van der Waals surface area (Å²) in [7, 11) is 0. The van der Waals surface area contributed by atoms with Gasteiger partial charge in [-0.15, -0.1) is 0 Å². The van der Waals surface area contributed by atoms with Crippen molar-refractivity contribution < 1.29 is 0 Å². The van der Waals surface area contributed by atoms with Crippen LogP contribution in [0.2, 0.25) is 0 Å². The monoisotopic (exact) mass is 128 g/mol. The van der Waals surface area contributed by atoms with Gasteiger partial charge in [-0.2, -0.15) is 0 Å². The lowest BCUT2D eigenvalue weighted by Crippen LogP contribution is -2.58. The SMILES string of the molecule is CCC1(C)NCCCN1. The molecule has 0 aromatic carbocycles. The molecule has 0 amide bonds. The first-order valence-corrected chi connectivity index (χ1v) is 3.77. The molecule has 0 radical (unpaired) electrons. The maximum Gasteiger partial charge on any atom is 0.0655 e. The van der Waals surface area contributed by atoms with E-state index in [1.807, 2.05) is 0 Å². The van der Waals surface area contributed by atoms with Crippen molar-refractivity contribution in [3.05, 3.63) is 0 Å². The molecule has 0 spiro atoms. The molecular weight excluding hydrogens is 112 g/mol. The summed E-state index contributed by atoms with van der Waals surface area (Å²) >= 11 is 0. The minimum absolute atomic E-state index is 0.220. The summed E-state index contributed by atoms with van der Waals surface area (Å²) < 4.78 is 0. The maximum absolute atomic E-state index is 3.43. The van der Waals surface area contributed by atoms with Gasteiger partial charge in [0.1, 0.15) is 0 Å². The summed E-state index contributed by atoms with van der Waals surface area (Å²) in [5.74, 6) is 0. The van der Waals surface area contributed by atoms with Crippen molar-refractivity contribution in [2.75, 3.05) is 13.1 Å². The molecule has 0 bridgehead atoms. The van der Waals surface area contributed by atoms with E-state index in [2.05, 4.69) is 24.5 Å². The Morgan fingerprint density at radius 3 is 2.22 bits per heavy atom. The molecule has 1 aliphatic heterocycles. The Balaban J connectivity index is 2.37. The van der Waals surface area contributed by atoms with Crippen LogP contribution in [0.4, 0.5) is 0 Å². The van der Waals surface area contributed by atoms with E-state index in [9.17, 15) is 0 Å². The summed E-state index contributed by atoms with van der Waals surface area (Å²) in [6, 6.07) is 0. The molecule has 9 heavy (non-hydrogen) atoms. The molecule has 0 aliphatic carbocycles. The average Bonchev–Trinajstić information content (AvgIpc) is 1.90. The summed E-state index contributed by atoms with van der Waals surface area (Å²) in [5, 5.41) is 6.87. The molecule has 0 aromatic rings. The van der Waals surface area contributed by atoms with E-state index in [1.54, 1.807) is 0 Å². The van der Waals surface area contributed by atoms with Crippen molar-refractivity contribution in [1.82, 2.24) is 10.6 Å². The van der Waals surface area contributed by atoms with Crippen molar-refractivity contribution in [1.29, 1.82) is 0 Å². The Labute approximate surface area is 57.0 Å². The largest absolute Gasteiger partial charge is 0.300 e. The van der Waals surface area contributed by atoms with Gasteiger partial charge in [-0.1, -0.05) is 6.92 Å². The maximum atomic E-state index is 3.43. The zero-order valence-electron chi connectivity index (χ0n) is 6.33. The molecule has 1 saturated heterocycles. The van der Waals surface area contributed by atoms with Gasteiger partial charge >= 0.3 is 0 Å². The van der Waals surface area contributed by atoms with Crippen molar-refractivity contribution in [2.24, 2.45) is 0 Å². The highest BCUT2D eigenvalue weighted by Gasteiger charge is 2.21. The average molecular weight is 128 g/mol. The molecule has 1 aliphatic rings. The van der Waals surface area contributed by atoms with Gasteiger partial charge in [0, 0.05) is 0 Å². The van der Waals surface area contributed by atoms with Crippen LogP contribution < -0.4 is 10.6 Å². The number of hydrogen-bond acceptors (Lipinski definition) is 2. The second kappa shape index (κ2) is 2.67. The minimum Gasteiger partial charge on any atom is -0.300 e. The first-order valence-electron chi connectivity index (χ1n) is 3.77. The van der Waals surface area contributed by atoms with Crippen molar-refractivity contribution >= 4 is 0 Å². The summed E-state index contributed by atoms with van der Waals surface area (Å²) in [4.78, 5) is 0. The topological polar surface area (TPSA) is 24.1 Å². The molecule has 1 heterocycles. The van der Waals surface area contributed by atoms with Crippen LogP contribution in [0.1, 0.15) is 26.7 Å². The highest BCUT2D eigenvalue weighted by atomic mass is 15.2. The van der Waals surface area contributed by atoms with E-state index >= 15 is 0 Å². The quantitative estimate of drug-likeness (QED) is 0.543. The Kier molecular flexibility index (Phi) is 2.09. The van der Waals surface area contributed by atoms with Crippen LogP contribution in [-0.4, -0.2) is 18.8 Å². The van der Waals surface area contributed by atoms with E-state index in [0.717, 1.165) is 19.5 Å². The summed E-state index contributed by atoms with van der Waals surface area (Å²) in [5.41, 5.74) is 0.220. The van der Waals surface area contributed by atoms with Gasteiger partial charge in [0.25, 0.3) is 0 Å². The normalized spacial score (nSPS) is 26.0. The van der Waals surface area contributed by atoms with Gasteiger partial charge in [0.15, 0.2) is 0 Å². The second-order valence-corrected chi connectivity index (χ2v) is 2.89. The lowest BCUT2D eigenvalue weighted by molar-refractivity contribution is 0.237. The highest BCUT2D eigenvalue weighted by molar-refractivity contribution is 4.82. The van der Waals surface area contributed by atoms with E-state index in [4.69, 9.17) is 0 Å². The molecule has 0 atom stereocenters. The van der Waals surface area contributed by atoms with Crippen LogP contribution in [0.15, 0.2) is 0 Å². The van der Waals surface area contributed by atoms with Crippen molar-refractivity contribution in [3.63, 3.8) is 0 Å². The smallest absolute Gasteiger partial charge is 0.0655 e. The van der Waals surface area contributed by atoms with Gasteiger partial charge in [-0.3, -0.25) is 10.6 Å². The first-order chi connectivity index (χ1) is 4.27. The van der Waals surface area contributed by atoms with Crippen molar-refractivity contribution in [3.8, 4) is 0 Å². The lowest BCUT2D eigenvalue weighted by Gasteiger charge is -2.35. The number of nitrogens with one attached hydrogen (secondary N) is 2. The number of rotatable bonds is 1. The van der Waals surface area contributed by atoms with Crippen LogP contribution in [0, 0.1) is 0 Å². The van der Waals surface area contributed by atoms with E-state index in [-0.39, 0.29) is 5.66 Å². The second-order valence-electron chi connectivity index (χ2n) is 2.89. The van der Waals surface area contributed by atoms with Gasteiger partial charge in [-0.25, -0.2) is 0 Å². The fourth-order valence-corrected chi connectivity index (χ4v) is 1.13. The molecule has 0 saturated carbocycles. The third-order valence-electron chi connectivity index (χ3n) is 2.09.